The molecule has 0 saturated heterocycles. The highest BCUT2D eigenvalue weighted by molar-refractivity contribution is 5.78. The van der Waals surface area contributed by atoms with E-state index < -0.39 is 4.92 Å². The Morgan fingerprint density at radius 1 is 1.14 bits per heavy atom. The SMILES string of the molecule is COc1cc(-c2cc(=O)c3ccccc3o2)ccc1[N+](=O)[O-]. The quantitative estimate of drug-likeness (QED) is 0.546. The van der Waals surface area contributed by atoms with Crippen molar-refractivity contribution in [2.24, 2.45) is 0 Å². The molecule has 0 unspecified atom stereocenters. The fourth-order valence-electron chi connectivity index (χ4n) is 2.23. The van der Waals surface area contributed by atoms with Crippen LogP contribution in [0.15, 0.2) is 57.7 Å². The van der Waals surface area contributed by atoms with Gasteiger partial charge < -0.3 is 9.15 Å². The number of fused-ring (bicyclic) bond motifs is 1. The lowest BCUT2D eigenvalue weighted by Crippen LogP contribution is -2.00. The molecule has 0 spiro atoms. The van der Waals surface area contributed by atoms with Gasteiger partial charge in [-0.05, 0) is 24.3 Å². The fourth-order valence-corrected chi connectivity index (χ4v) is 2.23. The topological polar surface area (TPSA) is 82.6 Å². The largest absolute Gasteiger partial charge is 0.490 e. The van der Waals surface area contributed by atoms with Gasteiger partial charge in [0.15, 0.2) is 11.2 Å². The minimum Gasteiger partial charge on any atom is -0.490 e. The van der Waals surface area contributed by atoms with E-state index in [2.05, 4.69) is 0 Å². The predicted octanol–water partition coefficient (Wildman–Crippen LogP) is 3.38. The van der Waals surface area contributed by atoms with Gasteiger partial charge in [-0.25, -0.2) is 0 Å². The highest BCUT2D eigenvalue weighted by Crippen LogP contribution is 2.32. The summed E-state index contributed by atoms with van der Waals surface area (Å²) in [5.41, 5.74) is 0.677. The van der Waals surface area contributed by atoms with Crippen LogP contribution < -0.4 is 10.2 Å². The molecule has 0 aliphatic rings. The normalized spacial score (nSPS) is 10.6. The van der Waals surface area contributed by atoms with Gasteiger partial charge in [-0.3, -0.25) is 14.9 Å². The zero-order chi connectivity index (χ0) is 15.7. The molecule has 0 atom stereocenters. The Morgan fingerprint density at radius 2 is 1.91 bits per heavy atom. The van der Waals surface area contributed by atoms with Crippen molar-refractivity contribution in [2.45, 2.75) is 0 Å². The minimum atomic E-state index is -0.529. The maximum absolute atomic E-state index is 12.1. The van der Waals surface area contributed by atoms with Gasteiger partial charge >= 0.3 is 5.69 Å². The Balaban J connectivity index is 2.19. The molecule has 1 aromatic heterocycles. The molecule has 3 aromatic rings. The molecule has 6 nitrogen and oxygen atoms in total. The van der Waals surface area contributed by atoms with Crippen molar-refractivity contribution in [3.8, 4) is 17.1 Å². The van der Waals surface area contributed by atoms with Crippen LogP contribution in [0.25, 0.3) is 22.3 Å². The summed E-state index contributed by atoms with van der Waals surface area (Å²) in [7, 11) is 1.35. The maximum atomic E-state index is 12.1. The standard InChI is InChI=1S/C16H11NO5/c1-21-16-8-10(6-7-12(16)17(19)20)15-9-13(18)11-4-2-3-5-14(11)22-15/h2-9H,1H3. The molecular formula is C16H11NO5. The lowest BCUT2D eigenvalue weighted by atomic mass is 10.1. The van der Waals surface area contributed by atoms with Gasteiger partial charge in [0.1, 0.15) is 11.3 Å². The highest BCUT2D eigenvalue weighted by Gasteiger charge is 2.16. The van der Waals surface area contributed by atoms with Crippen molar-refractivity contribution < 1.29 is 14.1 Å². The monoisotopic (exact) mass is 297 g/mol. The van der Waals surface area contributed by atoms with Gasteiger partial charge in [0, 0.05) is 17.7 Å². The second kappa shape index (κ2) is 5.33. The molecule has 0 aliphatic heterocycles. The van der Waals surface area contributed by atoms with E-state index in [9.17, 15) is 14.9 Å². The summed E-state index contributed by atoms with van der Waals surface area (Å²) in [6, 6.07) is 12.6. The van der Waals surface area contributed by atoms with Gasteiger partial charge in [-0.15, -0.1) is 0 Å². The van der Waals surface area contributed by atoms with E-state index in [0.29, 0.717) is 22.3 Å². The van der Waals surface area contributed by atoms with Crippen LogP contribution in [0.1, 0.15) is 0 Å². The molecule has 0 fully saturated rings. The first-order valence-electron chi connectivity index (χ1n) is 6.46. The van der Waals surface area contributed by atoms with Crippen LogP contribution in [0.3, 0.4) is 0 Å². The van der Waals surface area contributed by atoms with E-state index in [1.54, 1.807) is 24.3 Å². The summed E-state index contributed by atoms with van der Waals surface area (Å²) in [6.45, 7) is 0. The Labute approximate surface area is 124 Å². The van der Waals surface area contributed by atoms with Gasteiger partial charge in [0.05, 0.1) is 17.4 Å². The first-order chi connectivity index (χ1) is 10.6. The molecule has 0 bridgehead atoms. The zero-order valence-corrected chi connectivity index (χ0v) is 11.6. The van der Waals surface area contributed by atoms with Crippen LogP contribution in [0, 0.1) is 10.1 Å². The molecule has 0 N–H and O–H groups in total. The Kier molecular flexibility index (Phi) is 3.34. The number of nitro groups is 1. The highest BCUT2D eigenvalue weighted by atomic mass is 16.6. The average molecular weight is 297 g/mol. The molecule has 6 heteroatoms. The maximum Gasteiger partial charge on any atom is 0.310 e. The number of hydrogen-bond acceptors (Lipinski definition) is 5. The molecule has 0 amide bonds. The smallest absolute Gasteiger partial charge is 0.310 e. The van der Waals surface area contributed by atoms with Gasteiger partial charge in [-0.2, -0.15) is 0 Å². The molecule has 0 saturated carbocycles. The molecule has 22 heavy (non-hydrogen) atoms. The molecule has 0 radical (unpaired) electrons. The minimum absolute atomic E-state index is 0.110. The summed E-state index contributed by atoms with van der Waals surface area (Å²) in [4.78, 5) is 22.5. The van der Waals surface area contributed by atoms with Crippen molar-refractivity contribution >= 4 is 16.7 Å². The van der Waals surface area contributed by atoms with E-state index in [1.165, 1.54) is 31.4 Å². The Hall–Kier alpha value is -3.15. The fraction of sp³-hybridized carbons (Fsp3) is 0.0625. The third-order valence-corrected chi connectivity index (χ3v) is 3.30. The molecule has 1 heterocycles. The van der Waals surface area contributed by atoms with E-state index in [0.717, 1.165) is 0 Å². The molecule has 2 aromatic carbocycles. The van der Waals surface area contributed by atoms with E-state index in [1.807, 2.05) is 0 Å². The number of rotatable bonds is 3. The van der Waals surface area contributed by atoms with Crippen molar-refractivity contribution in [3.63, 3.8) is 0 Å². The Morgan fingerprint density at radius 3 is 2.64 bits per heavy atom. The Bertz CT molecular complexity index is 929. The summed E-state index contributed by atoms with van der Waals surface area (Å²) in [5, 5.41) is 11.4. The van der Waals surface area contributed by atoms with E-state index >= 15 is 0 Å². The van der Waals surface area contributed by atoms with Crippen LogP contribution in [0.4, 0.5) is 5.69 Å². The first-order valence-corrected chi connectivity index (χ1v) is 6.46. The van der Waals surface area contributed by atoms with E-state index in [-0.39, 0.29) is 16.9 Å². The summed E-state index contributed by atoms with van der Waals surface area (Å²) in [6.07, 6.45) is 0. The first kappa shape index (κ1) is 13.8. The van der Waals surface area contributed by atoms with Crippen LogP contribution >= 0.6 is 0 Å². The van der Waals surface area contributed by atoms with Gasteiger partial charge in [0.25, 0.3) is 0 Å². The van der Waals surface area contributed by atoms with Gasteiger partial charge in [0.2, 0.25) is 0 Å². The third-order valence-electron chi connectivity index (χ3n) is 3.30. The second-order valence-corrected chi connectivity index (χ2v) is 4.61. The number of benzene rings is 2. The lowest BCUT2D eigenvalue weighted by Gasteiger charge is -2.06. The zero-order valence-electron chi connectivity index (χ0n) is 11.6. The van der Waals surface area contributed by atoms with Crippen LogP contribution in [-0.4, -0.2) is 12.0 Å². The van der Waals surface area contributed by atoms with Crippen LogP contribution in [-0.2, 0) is 0 Å². The second-order valence-electron chi connectivity index (χ2n) is 4.61. The van der Waals surface area contributed by atoms with Crippen molar-refractivity contribution in [1.29, 1.82) is 0 Å². The summed E-state index contributed by atoms with van der Waals surface area (Å²) in [5.74, 6) is 0.440. The molecule has 3 rings (SSSR count). The van der Waals surface area contributed by atoms with Crippen LogP contribution in [0.5, 0.6) is 5.75 Å². The third kappa shape index (κ3) is 2.31. The number of hydrogen-bond donors (Lipinski definition) is 0. The van der Waals surface area contributed by atoms with Crippen molar-refractivity contribution in [3.05, 3.63) is 68.9 Å². The van der Waals surface area contributed by atoms with Crippen LogP contribution in [0.2, 0.25) is 0 Å². The number of nitro benzene ring substituents is 1. The molecule has 0 aliphatic carbocycles. The van der Waals surface area contributed by atoms with Crippen molar-refractivity contribution in [2.75, 3.05) is 7.11 Å². The number of methoxy groups -OCH3 is 1. The number of para-hydroxylation sites is 1. The lowest BCUT2D eigenvalue weighted by molar-refractivity contribution is -0.385. The number of nitrogens with zero attached hydrogens (tertiary/aromatic N) is 1. The summed E-state index contributed by atoms with van der Waals surface area (Å²) >= 11 is 0. The number of ether oxygens (including phenoxy) is 1. The van der Waals surface area contributed by atoms with Crippen molar-refractivity contribution in [1.82, 2.24) is 0 Å². The molecular weight excluding hydrogens is 286 g/mol. The predicted molar refractivity (Wildman–Crippen MR) is 81.1 cm³/mol. The molecule has 110 valence electrons. The average Bonchev–Trinajstić information content (AvgIpc) is 2.54. The van der Waals surface area contributed by atoms with E-state index in [4.69, 9.17) is 9.15 Å². The summed E-state index contributed by atoms with van der Waals surface area (Å²) < 4.78 is 10.7. The van der Waals surface area contributed by atoms with Gasteiger partial charge in [-0.1, -0.05) is 12.1 Å².